The first-order valence-electron chi connectivity index (χ1n) is 8.45. The molecule has 0 aromatic heterocycles. The van der Waals surface area contributed by atoms with Gasteiger partial charge in [-0.25, -0.2) is 0 Å². The van der Waals surface area contributed by atoms with Crippen molar-refractivity contribution in [1.82, 2.24) is 9.80 Å². The van der Waals surface area contributed by atoms with Crippen LogP contribution in [-0.4, -0.2) is 47.9 Å². The second-order valence-corrected chi connectivity index (χ2v) is 6.80. The molecule has 0 bridgehead atoms. The number of amides is 2. The van der Waals surface area contributed by atoms with Crippen molar-refractivity contribution in [3.63, 3.8) is 0 Å². The Morgan fingerprint density at radius 3 is 2.65 bits per heavy atom. The average Bonchev–Trinajstić information content (AvgIpc) is 2.63. The first-order valence-corrected chi connectivity index (χ1v) is 8.83. The zero-order chi connectivity index (χ0) is 18.5. The number of rotatable bonds is 5. The van der Waals surface area contributed by atoms with E-state index in [9.17, 15) is 9.59 Å². The average molecular weight is 373 g/mol. The Balaban J connectivity index is 1.73. The Bertz CT molecular complexity index is 782. The Hall–Kier alpha value is -2.37. The Labute approximate surface area is 158 Å². The van der Waals surface area contributed by atoms with Crippen LogP contribution in [0.5, 0.6) is 0 Å². The highest BCUT2D eigenvalue weighted by atomic mass is 35.5. The minimum Gasteiger partial charge on any atom is -0.369 e. The van der Waals surface area contributed by atoms with Crippen molar-refractivity contribution < 1.29 is 14.3 Å². The third kappa shape index (κ3) is 4.42. The van der Waals surface area contributed by atoms with Crippen molar-refractivity contribution in [3.05, 3.63) is 70.7 Å². The summed E-state index contributed by atoms with van der Waals surface area (Å²) >= 11 is 6.01. The lowest BCUT2D eigenvalue weighted by Gasteiger charge is -2.36. The van der Waals surface area contributed by atoms with Crippen LogP contribution in [0.15, 0.2) is 54.6 Å². The van der Waals surface area contributed by atoms with Gasteiger partial charge in [0.25, 0.3) is 0 Å². The molecule has 2 aromatic carbocycles. The van der Waals surface area contributed by atoms with Gasteiger partial charge in [-0.15, -0.1) is 0 Å². The summed E-state index contributed by atoms with van der Waals surface area (Å²) in [6, 6.07) is 16.4. The van der Waals surface area contributed by atoms with Crippen LogP contribution in [0.4, 0.5) is 0 Å². The molecule has 1 heterocycles. The molecule has 0 saturated carbocycles. The fraction of sp³-hybridized carbons (Fsp3) is 0.300. The maximum Gasteiger partial charge on any atom is 0.249 e. The van der Waals surface area contributed by atoms with E-state index in [2.05, 4.69) is 0 Å². The van der Waals surface area contributed by atoms with Crippen LogP contribution in [0.3, 0.4) is 0 Å². The zero-order valence-electron chi connectivity index (χ0n) is 14.6. The minimum absolute atomic E-state index is 0.00855. The van der Waals surface area contributed by atoms with Gasteiger partial charge in [0.2, 0.25) is 11.8 Å². The molecule has 1 aliphatic rings. The summed E-state index contributed by atoms with van der Waals surface area (Å²) in [5, 5.41) is 0.630. The maximum absolute atomic E-state index is 13.0. The van der Waals surface area contributed by atoms with Gasteiger partial charge in [0.15, 0.2) is 0 Å². The second kappa shape index (κ2) is 8.34. The highest BCUT2D eigenvalue weighted by Gasteiger charge is 2.35. The molecule has 0 radical (unpaired) electrons. The topological polar surface area (TPSA) is 49.9 Å². The van der Waals surface area contributed by atoms with Gasteiger partial charge in [-0.1, -0.05) is 54.1 Å². The lowest BCUT2D eigenvalue weighted by atomic mass is 10.1. The molecule has 3 rings (SSSR count). The van der Waals surface area contributed by atoms with Gasteiger partial charge in [0.05, 0.1) is 6.61 Å². The number of halogens is 1. The fourth-order valence-corrected chi connectivity index (χ4v) is 3.24. The summed E-state index contributed by atoms with van der Waals surface area (Å²) in [5.74, 6) is -0.316. The van der Waals surface area contributed by atoms with Crippen LogP contribution in [0.25, 0.3) is 0 Å². The molecule has 26 heavy (non-hydrogen) atoms. The van der Waals surface area contributed by atoms with E-state index in [1.54, 1.807) is 22.9 Å². The summed E-state index contributed by atoms with van der Waals surface area (Å²) in [6.45, 7) is 1.03. The van der Waals surface area contributed by atoms with Gasteiger partial charge in [-0.2, -0.15) is 0 Å². The molecular formula is C20H21ClN2O3. The molecule has 1 saturated heterocycles. The van der Waals surface area contributed by atoms with Gasteiger partial charge < -0.3 is 14.5 Å². The van der Waals surface area contributed by atoms with Crippen molar-refractivity contribution in [3.8, 4) is 0 Å². The number of ether oxygens (including phenoxy) is 1. The molecule has 1 atom stereocenters. The predicted molar refractivity (Wildman–Crippen MR) is 99.5 cm³/mol. The number of carbonyl (C=O) groups is 2. The van der Waals surface area contributed by atoms with Crippen molar-refractivity contribution in [2.45, 2.75) is 19.1 Å². The van der Waals surface area contributed by atoms with E-state index in [1.807, 2.05) is 48.5 Å². The molecule has 1 unspecified atom stereocenters. The molecule has 5 nitrogen and oxygen atoms in total. The van der Waals surface area contributed by atoms with Crippen molar-refractivity contribution in [2.24, 2.45) is 0 Å². The van der Waals surface area contributed by atoms with E-state index in [1.165, 1.54) is 0 Å². The van der Waals surface area contributed by atoms with Crippen LogP contribution in [0.1, 0.15) is 11.1 Å². The predicted octanol–water partition coefficient (Wildman–Crippen LogP) is 2.73. The number of hydrogen-bond donors (Lipinski definition) is 0. The van der Waals surface area contributed by atoms with Crippen molar-refractivity contribution >= 4 is 23.4 Å². The molecule has 136 valence electrons. The minimum atomic E-state index is -0.624. The SMILES string of the molecule is CN(Cc1cccc(Cl)c1)C(=O)C1COCC(=O)N1Cc1ccccc1. The number of benzene rings is 2. The normalized spacial score (nSPS) is 17.2. The van der Waals surface area contributed by atoms with E-state index in [4.69, 9.17) is 16.3 Å². The molecule has 1 fully saturated rings. The Morgan fingerprint density at radius 2 is 1.92 bits per heavy atom. The summed E-state index contributed by atoms with van der Waals surface area (Å²) in [6.07, 6.45) is 0. The number of nitrogens with zero attached hydrogens (tertiary/aromatic N) is 2. The molecule has 2 aromatic rings. The van der Waals surface area contributed by atoms with Crippen LogP contribution >= 0.6 is 11.6 Å². The van der Waals surface area contributed by atoms with E-state index in [-0.39, 0.29) is 25.0 Å². The van der Waals surface area contributed by atoms with Crippen molar-refractivity contribution in [1.29, 1.82) is 0 Å². The van der Waals surface area contributed by atoms with E-state index in [0.717, 1.165) is 11.1 Å². The van der Waals surface area contributed by atoms with Crippen molar-refractivity contribution in [2.75, 3.05) is 20.3 Å². The molecule has 0 N–H and O–H groups in total. The van der Waals surface area contributed by atoms with Gasteiger partial charge in [-0.05, 0) is 23.3 Å². The first-order chi connectivity index (χ1) is 12.5. The van der Waals surface area contributed by atoms with Gasteiger partial charge in [0.1, 0.15) is 12.6 Å². The summed E-state index contributed by atoms with van der Waals surface area (Å²) in [4.78, 5) is 28.5. The van der Waals surface area contributed by atoms with Gasteiger partial charge >= 0.3 is 0 Å². The monoisotopic (exact) mass is 372 g/mol. The third-order valence-corrected chi connectivity index (χ3v) is 4.60. The number of morpholine rings is 1. The van der Waals surface area contributed by atoms with Gasteiger partial charge in [-0.3, -0.25) is 9.59 Å². The molecule has 0 aliphatic carbocycles. The maximum atomic E-state index is 13.0. The summed E-state index contributed by atoms with van der Waals surface area (Å²) < 4.78 is 5.34. The number of carbonyl (C=O) groups excluding carboxylic acids is 2. The summed E-state index contributed by atoms with van der Waals surface area (Å²) in [5.41, 5.74) is 1.92. The fourth-order valence-electron chi connectivity index (χ4n) is 3.03. The smallest absolute Gasteiger partial charge is 0.249 e. The Kier molecular flexibility index (Phi) is 5.91. The molecule has 6 heteroatoms. The lowest BCUT2D eigenvalue weighted by Crippen LogP contribution is -2.56. The summed E-state index contributed by atoms with van der Waals surface area (Å²) in [7, 11) is 1.73. The number of likely N-dealkylation sites (N-methyl/N-ethyl adjacent to an activating group) is 1. The molecule has 2 amide bonds. The highest BCUT2D eigenvalue weighted by molar-refractivity contribution is 6.30. The zero-order valence-corrected chi connectivity index (χ0v) is 15.4. The third-order valence-electron chi connectivity index (χ3n) is 4.36. The van der Waals surface area contributed by atoms with Crippen LogP contribution in [-0.2, 0) is 27.4 Å². The largest absolute Gasteiger partial charge is 0.369 e. The molecule has 1 aliphatic heterocycles. The van der Waals surface area contributed by atoms with E-state index < -0.39 is 6.04 Å². The van der Waals surface area contributed by atoms with Gasteiger partial charge in [0, 0.05) is 25.2 Å². The van der Waals surface area contributed by atoms with E-state index >= 15 is 0 Å². The van der Waals surface area contributed by atoms with Crippen LogP contribution in [0.2, 0.25) is 5.02 Å². The van der Waals surface area contributed by atoms with Crippen LogP contribution < -0.4 is 0 Å². The highest BCUT2D eigenvalue weighted by Crippen LogP contribution is 2.17. The first kappa shape index (κ1) is 18.4. The second-order valence-electron chi connectivity index (χ2n) is 6.36. The quantitative estimate of drug-likeness (QED) is 0.810. The lowest BCUT2D eigenvalue weighted by molar-refractivity contribution is -0.159. The van der Waals surface area contributed by atoms with Crippen LogP contribution in [0, 0.1) is 0 Å². The Morgan fingerprint density at radius 1 is 1.19 bits per heavy atom. The molecular weight excluding hydrogens is 352 g/mol. The van der Waals surface area contributed by atoms with E-state index in [0.29, 0.717) is 18.1 Å². The molecule has 0 spiro atoms. The number of hydrogen-bond acceptors (Lipinski definition) is 3. The standard InChI is InChI=1S/C20H21ClN2O3/c1-22(11-16-8-5-9-17(21)10-16)20(25)18-13-26-14-19(24)23(18)12-15-6-3-2-4-7-15/h2-10,18H,11-14H2,1H3.